The Morgan fingerprint density at radius 2 is 1.64 bits per heavy atom. The van der Waals surface area contributed by atoms with Crippen LogP contribution in [-0.2, 0) is 20.8 Å². The van der Waals surface area contributed by atoms with Crippen LogP contribution in [0.15, 0.2) is 24.3 Å². The molecule has 3 amide bonds. The number of benzene rings is 1. The summed E-state index contributed by atoms with van der Waals surface area (Å²) in [4.78, 5) is 43.0. The highest BCUT2D eigenvalue weighted by molar-refractivity contribution is 5.90. The zero-order valence-corrected chi connectivity index (χ0v) is 26.2. The number of rotatable bonds is 8. The molecule has 9 heteroatoms. The van der Waals surface area contributed by atoms with Crippen molar-refractivity contribution in [3.05, 3.63) is 35.6 Å². The molecule has 1 unspecified atom stereocenters. The van der Waals surface area contributed by atoms with E-state index in [1.54, 1.807) is 12.1 Å². The predicted molar refractivity (Wildman–Crippen MR) is 163 cm³/mol. The van der Waals surface area contributed by atoms with Gasteiger partial charge in [0, 0.05) is 44.2 Å². The number of carbonyl (C=O) groups excluding carboxylic acids is 3. The second kappa shape index (κ2) is 13.8. The first-order valence-electron chi connectivity index (χ1n) is 16.0. The van der Waals surface area contributed by atoms with Crippen LogP contribution >= 0.6 is 0 Å². The van der Waals surface area contributed by atoms with Crippen LogP contribution in [0.1, 0.15) is 85.1 Å². The second-order valence-corrected chi connectivity index (χ2v) is 14.1. The smallest absolute Gasteiger partial charge is 0.245 e. The van der Waals surface area contributed by atoms with Gasteiger partial charge in [0.1, 0.15) is 11.9 Å². The molecule has 1 aromatic rings. The maximum absolute atomic E-state index is 14.0. The fraction of sp³-hybridized carbons (Fsp3) is 0.727. The molecule has 42 heavy (non-hydrogen) atoms. The molecule has 1 aromatic carbocycles. The molecule has 8 nitrogen and oxygen atoms in total. The molecule has 0 radical (unpaired) electrons. The number of amides is 3. The summed E-state index contributed by atoms with van der Waals surface area (Å²) in [6.07, 6.45) is 7.11. The van der Waals surface area contributed by atoms with E-state index < -0.39 is 17.5 Å². The summed E-state index contributed by atoms with van der Waals surface area (Å²) in [6.45, 7) is 12.4. The summed E-state index contributed by atoms with van der Waals surface area (Å²) in [6, 6.07) is 5.16. The highest BCUT2D eigenvalue weighted by atomic mass is 19.1. The monoisotopic (exact) mass is 585 g/mol. The minimum atomic E-state index is -0.779. The summed E-state index contributed by atoms with van der Waals surface area (Å²) in [5.74, 6) is 0.167. The maximum atomic E-state index is 14.0. The molecular formula is C33H52FN5O3. The van der Waals surface area contributed by atoms with Gasteiger partial charge in [0.25, 0.3) is 0 Å². The molecule has 1 saturated carbocycles. The van der Waals surface area contributed by atoms with E-state index in [2.05, 4.69) is 35.1 Å². The van der Waals surface area contributed by atoms with Gasteiger partial charge in [0.15, 0.2) is 0 Å². The quantitative estimate of drug-likeness (QED) is 0.374. The molecule has 2 heterocycles. The Morgan fingerprint density at radius 1 is 1.00 bits per heavy atom. The molecule has 3 aliphatic rings. The number of nitrogens with zero attached hydrogens (tertiary/aromatic N) is 1. The number of carbonyl (C=O) groups is 3. The molecule has 0 aromatic heterocycles. The lowest BCUT2D eigenvalue weighted by molar-refractivity contribution is -0.147. The lowest BCUT2D eigenvalue weighted by atomic mass is 9.63. The topological polar surface area (TPSA) is 103 Å². The molecule has 2 saturated heterocycles. The van der Waals surface area contributed by atoms with Crippen molar-refractivity contribution in [2.24, 2.45) is 17.3 Å². The van der Waals surface area contributed by atoms with E-state index in [1.807, 2.05) is 25.7 Å². The molecule has 4 N–H and O–H groups in total. The van der Waals surface area contributed by atoms with Gasteiger partial charge in [-0.1, -0.05) is 45.2 Å². The van der Waals surface area contributed by atoms with Gasteiger partial charge < -0.3 is 26.2 Å². The van der Waals surface area contributed by atoms with Crippen LogP contribution in [-0.4, -0.2) is 72.5 Å². The van der Waals surface area contributed by atoms with Gasteiger partial charge in [-0.05, 0) is 76.0 Å². The van der Waals surface area contributed by atoms with Gasteiger partial charge in [0.05, 0.1) is 11.5 Å². The highest BCUT2D eigenvalue weighted by Gasteiger charge is 2.49. The summed E-state index contributed by atoms with van der Waals surface area (Å²) < 4.78 is 13.6. The zero-order chi connectivity index (χ0) is 30.5. The molecule has 3 fully saturated rings. The molecule has 0 spiro atoms. The van der Waals surface area contributed by atoms with E-state index in [9.17, 15) is 18.8 Å². The van der Waals surface area contributed by atoms with Crippen LogP contribution in [0.3, 0.4) is 0 Å². The van der Waals surface area contributed by atoms with E-state index in [1.165, 1.54) is 18.6 Å². The Hall–Kier alpha value is -2.52. The van der Waals surface area contributed by atoms with Crippen LogP contribution in [0.4, 0.5) is 4.39 Å². The first kappa shape index (κ1) is 32.4. The third-order valence-electron chi connectivity index (χ3n) is 9.55. The fourth-order valence-electron chi connectivity index (χ4n) is 6.96. The van der Waals surface area contributed by atoms with Crippen molar-refractivity contribution in [2.45, 2.75) is 110 Å². The minimum Gasteiger partial charge on any atom is -0.351 e. The number of halogens is 1. The van der Waals surface area contributed by atoms with Crippen molar-refractivity contribution in [1.29, 1.82) is 0 Å². The Balaban J connectivity index is 1.48. The SMILES string of the molecule is CC(C)C1CN[C@@H](C(=O)N[C@H](Cc2ccc(F)cc2)C(=O)N2CCC(C(=O)NC(C)(C)C)(C3CCCCC3)CC2)CN1. The zero-order valence-electron chi connectivity index (χ0n) is 26.2. The van der Waals surface area contributed by atoms with Crippen molar-refractivity contribution in [3.8, 4) is 0 Å². The van der Waals surface area contributed by atoms with E-state index in [0.29, 0.717) is 56.9 Å². The number of likely N-dealkylation sites (tertiary alicyclic amines) is 1. The van der Waals surface area contributed by atoms with Crippen LogP contribution in [0.2, 0.25) is 0 Å². The summed E-state index contributed by atoms with van der Waals surface area (Å²) in [5.41, 5.74) is -0.0269. The molecular weight excluding hydrogens is 533 g/mol. The van der Waals surface area contributed by atoms with Gasteiger partial charge in [-0.25, -0.2) is 4.39 Å². The Bertz CT molecular complexity index is 1060. The first-order chi connectivity index (χ1) is 19.9. The van der Waals surface area contributed by atoms with Gasteiger partial charge in [-0.3, -0.25) is 14.4 Å². The van der Waals surface area contributed by atoms with Crippen LogP contribution < -0.4 is 21.3 Å². The molecule has 2 aliphatic heterocycles. The van der Waals surface area contributed by atoms with Crippen LogP contribution in [0, 0.1) is 23.1 Å². The predicted octanol–water partition coefficient (Wildman–Crippen LogP) is 3.54. The number of piperidine rings is 1. The van der Waals surface area contributed by atoms with E-state index in [0.717, 1.165) is 31.2 Å². The van der Waals surface area contributed by atoms with Crippen LogP contribution in [0.5, 0.6) is 0 Å². The maximum Gasteiger partial charge on any atom is 0.245 e. The van der Waals surface area contributed by atoms with Crippen molar-refractivity contribution in [1.82, 2.24) is 26.2 Å². The Kier molecular flexibility index (Phi) is 10.7. The number of hydrogen-bond acceptors (Lipinski definition) is 5. The lowest BCUT2D eigenvalue weighted by Crippen LogP contribution is -2.63. The molecule has 3 atom stereocenters. The molecule has 234 valence electrons. The van der Waals surface area contributed by atoms with E-state index in [4.69, 9.17) is 0 Å². The Labute approximate surface area is 251 Å². The second-order valence-electron chi connectivity index (χ2n) is 14.1. The third-order valence-corrected chi connectivity index (χ3v) is 9.55. The standard InChI is InChI=1S/C33H52FN5O3/c1-22(2)27-20-36-28(21-35-27)29(40)37-26(19-23-11-13-25(34)14-12-23)30(41)39-17-15-33(16-18-39,24-9-7-6-8-10-24)31(42)38-32(3,4)5/h11-14,22,24,26-28,35-36H,6-10,15-21H2,1-5H3,(H,37,40)(H,38,42)/t26-,27?,28-/m1/s1. The summed E-state index contributed by atoms with van der Waals surface area (Å²) >= 11 is 0. The lowest BCUT2D eigenvalue weighted by Gasteiger charge is -2.48. The largest absolute Gasteiger partial charge is 0.351 e. The van der Waals surface area contributed by atoms with Crippen LogP contribution in [0.25, 0.3) is 0 Å². The molecule has 0 bridgehead atoms. The molecule has 1 aliphatic carbocycles. The van der Waals surface area contributed by atoms with Gasteiger partial charge in [-0.2, -0.15) is 0 Å². The van der Waals surface area contributed by atoms with E-state index in [-0.39, 0.29) is 35.5 Å². The van der Waals surface area contributed by atoms with Crippen molar-refractivity contribution < 1.29 is 18.8 Å². The minimum absolute atomic E-state index is 0.112. The van der Waals surface area contributed by atoms with Gasteiger partial charge in [-0.15, -0.1) is 0 Å². The average molecular weight is 586 g/mol. The summed E-state index contributed by atoms with van der Waals surface area (Å²) in [5, 5.41) is 13.1. The fourth-order valence-corrected chi connectivity index (χ4v) is 6.96. The Morgan fingerprint density at radius 3 is 2.19 bits per heavy atom. The van der Waals surface area contributed by atoms with E-state index >= 15 is 0 Å². The summed E-state index contributed by atoms with van der Waals surface area (Å²) in [7, 11) is 0. The number of piperazine rings is 1. The first-order valence-corrected chi connectivity index (χ1v) is 16.0. The third kappa shape index (κ3) is 8.10. The van der Waals surface area contributed by atoms with Crippen molar-refractivity contribution >= 4 is 17.7 Å². The average Bonchev–Trinajstić information content (AvgIpc) is 2.97. The van der Waals surface area contributed by atoms with Crippen molar-refractivity contribution in [2.75, 3.05) is 26.2 Å². The number of hydrogen-bond donors (Lipinski definition) is 4. The highest BCUT2D eigenvalue weighted by Crippen LogP contribution is 2.46. The normalized spacial score (nSPS) is 24.2. The van der Waals surface area contributed by atoms with Crippen molar-refractivity contribution in [3.63, 3.8) is 0 Å². The van der Waals surface area contributed by atoms with Gasteiger partial charge >= 0.3 is 0 Å². The van der Waals surface area contributed by atoms with Gasteiger partial charge in [0.2, 0.25) is 17.7 Å². The number of nitrogens with one attached hydrogen (secondary N) is 4. The molecule has 4 rings (SSSR count).